The van der Waals surface area contributed by atoms with Gasteiger partial charge in [0.25, 0.3) is 0 Å². The lowest BCUT2D eigenvalue weighted by Gasteiger charge is -2.63. The molecule has 9 nitrogen and oxygen atoms in total. The lowest BCUT2D eigenvalue weighted by atomic mass is 9.45. The number of rotatable bonds is 1. The lowest BCUT2D eigenvalue weighted by Crippen LogP contribution is -2.72. The summed E-state index contributed by atoms with van der Waals surface area (Å²) in [4.78, 5) is 39.1. The Balaban J connectivity index is 1.50. The van der Waals surface area contributed by atoms with Crippen molar-refractivity contribution >= 4 is 17.5 Å². The molecule has 2 bridgehead atoms. The molecule has 0 amide bonds. The van der Waals surface area contributed by atoms with Gasteiger partial charge in [-0.3, -0.25) is 14.4 Å². The molecular formula is C22H22O9. The van der Waals surface area contributed by atoms with Gasteiger partial charge in [-0.05, 0) is 13.8 Å². The van der Waals surface area contributed by atoms with Crippen LogP contribution >= 0.6 is 0 Å². The van der Waals surface area contributed by atoms with Gasteiger partial charge in [0, 0.05) is 35.5 Å². The lowest BCUT2D eigenvalue weighted by molar-refractivity contribution is -0.211. The smallest absolute Gasteiger partial charge is 0.303 e. The second-order valence-corrected chi connectivity index (χ2v) is 9.67. The van der Waals surface area contributed by atoms with Gasteiger partial charge in [0.15, 0.2) is 23.8 Å². The van der Waals surface area contributed by atoms with E-state index in [1.54, 1.807) is 0 Å². The number of fused-ring (bicyclic) bond motifs is 3. The molecule has 3 aliphatic carbocycles. The zero-order chi connectivity index (χ0) is 21.6. The zero-order valence-corrected chi connectivity index (χ0v) is 17.1. The van der Waals surface area contributed by atoms with Gasteiger partial charge in [-0.15, -0.1) is 0 Å². The van der Waals surface area contributed by atoms with Crippen LogP contribution < -0.4 is 0 Å². The van der Waals surface area contributed by atoms with Crippen molar-refractivity contribution in [3.63, 3.8) is 0 Å². The van der Waals surface area contributed by atoms with Crippen molar-refractivity contribution in [2.75, 3.05) is 0 Å². The number of epoxide rings is 2. The van der Waals surface area contributed by atoms with Crippen LogP contribution in [0.3, 0.4) is 0 Å². The van der Waals surface area contributed by atoms with E-state index in [9.17, 15) is 19.5 Å². The first-order valence-corrected chi connectivity index (χ1v) is 10.8. The minimum atomic E-state index is -1.23. The predicted molar refractivity (Wildman–Crippen MR) is 98.3 cm³/mol. The van der Waals surface area contributed by atoms with Crippen molar-refractivity contribution in [2.45, 2.75) is 75.7 Å². The van der Waals surface area contributed by atoms with Crippen LogP contribution in [0.1, 0.15) is 20.8 Å². The van der Waals surface area contributed by atoms with Crippen LogP contribution in [0.15, 0.2) is 23.0 Å². The first-order chi connectivity index (χ1) is 14.8. The molecule has 31 heavy (non-hydrogen) atoms. The monoisotopic (exact) mass is 430 g/mol. The van der Waals surface area contributed by atoms with E-state index in [0.717, 1.165) is 0 Å². The van der Waals surface area contributed by atoms with Crippen molar-refractivity contribution in [2.24, 2.45) is 17.3 Å². The van der Waals surface area contributed by atoms with Gasteiger partial charge in [-0.25, -0.2) is 0 Å². The Hall–Kier alpha value is -2.07. The molecule has 3 saturated heterocycles. The van der Waals surface area contributed by atoms with Gasteiger partial charge < -0.3 is 28.8 Å². The van der Waals surface area contributed by atoms with Crippen LogP contribution in [-0.4, -0.2) is 77.6 Å². The minimum Gasteiger partial charge on any atom is -0.498 e. The minimum absolute atomic E-state index is 0.129. The number of carbonyl (C=O) groups is 3. The van der Waals surface area contributed by atoms with Gasteiger partial charge in [0.05, 0.1) is 23.9 Å². The van der Waals surface area contributed by atoms with E-state index in [-0.39, 0.29) is 23.8 Å². The maximum absolute atomic E-state index is 13.9. The van der Waals surface area contributed by atoms with Crippen molar-refractivity contribution in [3.8, 4) is 0 Å². The molecule has 0 aromatic carbocycles. The maximum Gasteiger partial charge on any atom is 0.303 e. The Morgan fingerprint density at radius 1 is 1.10 bits per heavy atom. The Kier molecular flexibility index (Phi) is 3.26. The number of aliphatic hydroxyl groups is 1. The molecule has 9 heteroatoms. The number of aliphatic hydroxyl groups excluding tert-OH is 1. The number of carbonyl (C=O) groups excluding carboxylic acids is 3. The first kappa shape index (κ1) is 18.5. The van der Waals surface area contributed by atoms with Crippen LogP contribution in [0.5, 0.6) is 0 Å². The first-order valence-electron chi connectivity index (χ1n) is 10.8. The average Bonchev–Trinajstić information content (AvgIpc) is 3.62. The number of ketones is 2. The summed E-state index contributed by atoms with van der Waals surface area (Å²) in [5, 5.41) is 11.0. The third-order valence-corrected chi connectivity index (χ3v) is 8.27. The van der Waals surface area contributed by atoms with Crippen LogP contribution in [0.4, 0.5) is 0 Å². The van der Waals surface area contributed by atoms with Gasteiger partial charge in [0.2, 0.25) is 0 Å². The maximum atomic E-state index is 13.9. The fraction of sp³-hybridized carbons (Fsp3) is 0.682. The van der Waals surface area contributed by atoms with E-state index >= 15 is 0 Å². The van der Waals surface area contributed by atoms with Crippen LogP contribution in [0.2, 0.25) is 0 Å². The topological polar surface area (TPSA) is 124 Å². The van der Waals surface area contributed by atoms with E-state index in [1.165, 1.54) is 13.2 Å². The molecule has 5 heterocycles. The highest BCUT2D eigenvalue weighted by Gasteiger charge is 2.79. The van der Waals surface area contributed by atoms with Crippen molar-refractivity contribution < 1.29 is 43.2 Å². The quantitative estimate of drug-likeness (QED) is 0.437. The molecule has 5 aliphatic heterocycles. The number of Topliss-reactive ketones (excluding diaryl/α,β-unsaturated/α-hetero) is 2. The SMILES string of the molecule is CC(=O)O[C@H]1C2=C(C(=O)[C@@H]3O[C@@H]31)[C@H]1C(C)O[C@H]2[C@@]23C(=O)[C@@H]4O[C@@H]4[C@@H](O)C2=CO[C@H](C)[C@@H]13. The second-order valence-electron chi connectivity index (χ2n) is 9.67. The van der Waals surface area contributed by atoms with E-state index in [4.69, 9.17) is 23.7 Å². The third kappa shape index (κ3) is 1.92. The predicted octanol–water partition coefficient (Wildman–Crippen LogP) is -0.402. The Labute approximate surface area is 177 Å². The average molecular weight is 430 g/mol. The number of hydrogen-bond acceptors (Lipinski definition) is 9. The summed E-state index contributed by atoms with van der Waals surface area (Å²) in [5.41, 5.74) is 0.256. The number of esters is 1. The van der Waals surface area contributed by atoms with E-state index < -0.39 is 65.9 Å². The van der Waals surface area contributed by atoms with Gasteiger partial charge in [0.1, 0.15) is 30.5 Å². The highest BCUT2D eigenvalue weighted by atomic mass is 16.6. The Morgan fingerprint density at radius 3 is 2.58 bits per heavy atom. The summed E-state index contributed by atoms with van der Waals surface area (Å²) in [6, 6.07) is 0. The van der Waals surface area contributed by atoms with Gasteiger partial charge in [-0.2, -0.15) is 0 Å². The highest BCUT2D eigenvalue weighted by Crippen LogP contribution is 2.68. The van der Waals surface area contributed by atoms with Crippen molar-refractivity contribution in [1.29, 1.82) is 0 Å². The number of ether oxygens (including phenoxy) is 5. The molecular weight excluding hydrogens is 408 g/mol. The molecule has 1 N–H and O–H groups in total. The molecule has 0 aromatic heterocycles. The van der Waals surface area contributed by atoms with Gasteiger partial charge >= 0.3 is 5.97 Å². The molecule has 1 saturated carbocycles. The molecule has 1 spiro atoms. The summed E-state index contributed by atoms with van der Waals surface area (Å²) < 4.78 is 29.1. The molecule has 0 radical (unpaired) electrons. The fourth-order valence-electron chi connectivity index (χ4n) is 7.14. The Bertz CT molecular complexity index is 1030. The summed E-state index contributed by atoms with van der Waals surface area (Å²) >= 11 is 0. The second kappa shape index (κ2) is 5.46. The van der Waals surface area contributed by atoms with Crippen LogP contribution in [0, 0.1) is 17.3 Å². The summed E-state index contributed by atoms with van der Waals surface area (Å²) in [5.74, 6) is -1.65. The van der Waals surface area contributed by atoms with Crippen LogP contribution in [-0.2, 0) is 38.1 Å². The largest absolute Gasteiger partial charge is 0.498 e. The zero-order valence-electron chi connectivity index (χ0n) is 17.1. The van der Waals surface area contributed by atoms with Crippen molar-refractivity contribution in [1.82, 2.24) is 0 Å². The van der Waals surface area contributed by atoms with E-state index in [0.29, 0.717) is 16.7 Å². The molecule has 0 aromatic rings. The molecule has 8 aliphatic rings. The molecule has 8 rings (SSSR count). The molecule has 12 atom stereocenters. The van der Waals surface area contributed by atoms with Crippen molar-refractivity contribution in [3.05, 3.63) is 23.0 Å². The normalized spacial score (nSPS) is 55.1. The van der Waals surface area contributed by atoms with E-state index in [2.05, 4.69) is 0 Å². The molecule has 1 unspecified atom stereocenters. The molecule has 4 fully saturated rings. The summed E-state index contributed by atoms with van der Waals surface area (Å²) in [6.07, 6.45) is -4.44. The fourth-order valence-corrected chi connectivity index (χ4v) is 7.14. The highest BCUT2D eigenvalue weighted by molar-refractivity contribution is 6.06. The number of hydrogen-bond donors (Lipinski definition) is 1. The summed E-state index contributed by atoms with van der Waals surface area (Å²) in [6.45, 7) is 5.06. The summed E-state index contributed by atoms with van der Waals surface area (Å²) in [7, 11) is 0. The third-order valence-electron chi connectivity index (χ3n) is 8.27. The standard InChI is InChI=1S/C22H22O9/c1-5-9-10-11(15(29-7(3)23)18-17(30-18)14(10)25)21(28-5)22-8(4-27-6(2)12(9)22)13(24)16-19(31-16)20(22)26/h4-6,9,12-13,15-19,21,24H,1-3H3/t5?,6-,9-,12+,13+,15+,16-,17+,18-,19-,21-,22+/m1/s1. The van der Waals surface area contributed by atoms with Gasteiger partial charge in [-0.1, -0.05) is 0 Å². The van der Waals surface area contributed by atoms with E-state index in [1.807, 2.05) is 13.8 Å². The Morgan fingerprint density at radius 2 is 1.84 bits per heavy atom. The van der Waals surface area contributed by atoms with Crippen LogP contribution in [0.25, 0.3) is 0 Å². The molecule has 164 valence electrons.